The van der Waals surface area contributed by atoms with Gasteiger partial charge in [0.15, 0.2) is 11.6 Å². The summed E-state index contributed by atoms with van der Waals surface area (Å²) in [6, 6.07) is 15.6. The van der Waals surface area contributed by atoms with E-state index in [4.69, 9.17) is 4.74 Å². The van der Waals surface area contributed by atoms with Crippen LogP contribution in [0.25, 0.3) is 0 Å². The van der Waals surface area contributed by atoms with E-state index in [1.165, 1.54) is 11.8 Å². The number of hydrogen-bond donors (Lipinski definition) is 0. The van der Waals surface area contributed by atoms with E-state index in [1.807, 2.05) is 72.6 Å². The van der Waals surface area contributed by atoms with Crippen molar-refractivity contribution in [2.75, 3.05) is 11.9 Å². The predicted octanol–water partition coefficient (Wildman–Crippen LogP) is 4.23. The fourth-order valence-electron chi connectivity index (χ4n) is 2.56. The molecule has 2 aliphatic heterocycles. The molecule has 0 fully saturated rings. The predicted molar refractivity (Wildman–Crippen MR) is 88.3 cm³/mol. The van der Waals surface area contributed by atoms with Crippen molar-refractivity contribution >= 4 is 23.2 Å². The number of carbonyl (C=O) groups excluding carboxylic acids is 1. The Balaban J connectivity index is 1.63. The molecule has 4 heteroatoms. The quantitative estimate of drug-likeness (QED) is 0.737. The van der Waals surface area contributed by atoms with Gasteiger partial charge in [0.1, 0.15) is 0 Å². The molecule has 0 aliphatic carbocycles. The summed E-state index contributed by atoms with van der Waals surface area (Å²) in [4.78, 5) is 16.0. The van der Waals surface area contributed by atoms with E-state index in [2.05, 4.69) is 0 Å². The minimum atomic E-state index is 0.0793. The van der Waals surface area contributed by atoms with E-state index >= 15 is 0 Å². The molecule has 2 aliphatic rings. The number of rotatable bonds is 1. The number of ketones is 1. The van der Waals surface area contributed by atoms with Crippen LogP contribution in [0.3, 0.4) is 0 Å². The van der Waals surface area contributed by atoms with Gasteiger partial charge in [-0.25, -0.2) is 0 Å². The zero-order valence-electron chi connectivity index (χ0n) is 11.9. The maximum atomic E-state index is 12.3. The molecule has 2 aromatic rings. The molecule has 0 saturated heterocycles. The summed E-state index contributed by atoms with van der Waals surface area (Å²) in [5.41, 5.74) is 1.81. The average Bonchev–Trinajstić information content (AvgIpc) is 3.04. The van der Waals surface area contributed by atoms with Gasteiger partial charge in [-0.1, -0.05) is 36.0 Å². The number of Topliss-reactive ketones (excluding diaryl/α,β-unsaturated/α-hetero) is 1. The van der Waals surface area contributed by atoms with Gasteiger partial charge in [-0.2, -0.15) is 0 Å². The third kappa shape index (κ3) is 2.04. The molecule has 0 saturated carbocycles. The van der Waals surface area contributed by atoms with Crippen molar-refractivity contribution in [3.8, 4) is 5.75 Å². The first-order chi connectivity index (χ1) is 10.7. The van der Waals surface area contributed by atoms with Gasteiger partial charge in [-0.15, -0.1) is 0 Å². The van der Waals surface area contributed by atoms with Crippen LogP contribution in [0, 0.1) is 0 Å². The van der Waals surface area contributed by atoms with Crippen molar-refractivity contribution < 1.29 is 9.53 Å². The second kappa shape index (κ2) is 5.07. The van der Waals surface area contributed by atoms with E-state index in [1.54, 1.807) is 0 Å². The Labute approximate surface area is 132 Å². The Morgan fingerprint density at radius 1 is 1.05 bits per heavy atom. The van der Waals surface area contributed by atoms with Gasteiger partial charge >= 0.3 is 0 Å². The first-order valence-electron chi connectivity index (χ1n) is 6.98. The highest BCUT2D eigenvalue weighted by Gasteiger charge is 2.26. The van der Waals surface area contributed by atoms with E-state index in [9.17, 15) is 4.79 Å². The molecule has 0 atom stereocenters. The molecular weight excluding hydrogens is 294 g/mol. The monoisotopic (exact) mass is 307 g/mol. The maximum Gasteiger partial charge on any atom is 0.200 e. The van der Waals surface area contributed by atoms with Gasteiger partial charge in [-0.3, -0.25) is 4.79 Å². The molecule has 3 nitrogen and oxygen atoms in total. The lowest BCUT2D eigenvalue weighted by atomic mass is 10.1. The van der Waals surface area contributed by atoms with E-state index < -0.39 is 0 Å². The number of ether oxygens (including phenoxy) is 1. The summed E-state index contributed by atoms with van der Waals surface area (Å²) >= 11 is 1.51. The van der Waals surface area contributed by atoms with Crippen LogP contribution in [0.1, 0.15) is 10.4 Å². The molecule has 22 heavy (non-hydrogen) atoms. The molecule has 0 spiro atoms. The summed E-state index contributed by atoms with van der Waals surface area (Å²) in [5.74, 6) is 1.64. The van der Waals surface area contributed by atoms with Crippen molar-refractivity contribution in [2.45, 2.75) is 4.90 Å². The number of nitrogens with zero attached hydrogens (tertiary/aromatic N) is 1. The zero-order chi connectivity index (χ0) is 15.1. The smallest absolute Gasteiger partial charge is 0.200 e. The number of anilines is 1. The molecule has 108 valence electrons. The molecule has 0 bridgehead atoms. The molecule has 2 heterocycles. The Bertz CT molecular complexity index is 838. The summed E-state index contributed by atoms with van der Waals surface area (Å²) in [7, 11) is 1.95. The number of thioether (sulfide) groups is 1. The van der Waals surface area contributed by atoms with Crippen LogP contribution >= 0.6 is 11.8 Å². The summed E-state index contributed by atoms with van der Waals surface area (Å²) in [6.07, 6.45) is 3.69. The van der Waals surface area contributed by atoms with Gasteiger partial charge in [-0.05, 0) is 30.3 Å². The fourth-order valence-corrected chi connectivity index (χ4v) is 3.56. The Hall–Kier alpha value is -2.46. The van der Waals surface area contributed by atoms with Crippen LogP contribution in [0.15, 0.2) is 76.4 Å². The highest BCUT2D eigenvalue weighted by molar-refractivity contribution is 8.04. The van der Waals surface area contributed by atoms with Gasteiger partial charge < -0.3 is 9.64 Å². The number of benzene rings is 2. The third-order valence-corrected chi connectivity index (χ3v) is 4.84. The van der Waals surface area contributed by atoms with Crippen molar-refractivity contribution in [3.63, 3.8) is 0 Å². The van der Waals surface area contributed by atoms with Crippen LogP contribution in [0.5, 0.6) is 5.75 Å². The summed E-state index contributed by atoms with van der Waals surface area (Å²) < 4.78 is 5.81. The molecule has 0 aromatic heterocycles. The van der Waals surface area contributed by atoms with Crippen LogP contribution in [-0.4, -0.2) is 12.8 Å². The van der Waals surface area contributed by atoms with Crippen LogP contribution in [-0.2, 0) is 0 Å². The third-order valence-electron chi connectivity index (χ3n) is 3.72. The largest absolute Gasteiger partial charge is 0.439 e. The number of para-hydroxylation sites is 2. The lowest BCUT2D eigenvalue weighted by Gasteiger charge is -2.09. The molecule has 0 unspecified atom stereocenters. The van der Waals surface area contributed by atoms with Crippen LogP contribution in [0.4, 0.5) is 5.69 Å². The summed E-state index contributed by atoms with van der Waals surface area (Å²) in [5, 5.41) is 0. The van der Waals surface area contributed by atoms with Gasteiger partial charge in [0, 0.05) is 23.6 Å². The number of allylic oxidation sites excluding steroid dienone is 3. The standard InChI is InChI=1S/C18H13NO2S/c1-19-13-7-3-4-8-14(13)21-17(19)11-10-16-18(20)12-6-2-5-9-15(12)22-16/h2-11H,1H3. The van der Waals surface area contributed by atoms with Crippen molar-refractivity contribution in [1.29, 1.82) is 0 Å². The molecule has 0 N–H and O–H groups in total. The zero-order valence-corrected chi connectivity index (χ0v) is 12.8. The number of carbonyl (C=O) groups is 1. The number of hydrogen-bond acceptors (Lipinski definition) is 4. The topological polar surface area (TPSA) is 29.5 Å². The lowest BCUT2D eigenvalue weighted by Crippen LogP contribution is -2.12. The minimum Gasteiger partial charge on any atom is -0.439 e. The molecule has 0 amide bonds. The molecule has 2 aromatic carbocycles. The normalized spacial score (nSPS) is 19.5. The number of fused-ring (bicyclic) bond motifs is 2. The van der Waals surface area contributed by atoms with Gasteiger partial charge in [0.05, 0.1) is 10.6 Å². The maximum absolute atomic E-state index is 12.3. The Morgan fingerprint density at radius 3 is 2.64 bits per heavy atom. The van der Waals surface area contributed by atoms with Crippen molar-refractivity contribution in [1.82, 2.24) is 0 Å². The van der Waals surface area contributed by atoms with Crippen LogP contribution < -0.4 is 9.64 Å². The summed E-state index contributed by atoms with van der Waals surface area (Å²) in [6.45, 7) is 0. The highest BCUT2D eigenvalue weighted by atomic mass is 32.2. The average molecular weight is 307 g/mol. The minimum absolute atomic E-state index is 0.0793. The molecular formula is C18H13NO2S. The SMILES string of the molecule is CN1C(=CC=C2Sc3ccccc3C2=O)Oc2ccccc21. The molecule has 4 rings (SSSR count). The first-order valence-corrected chi connectivity index (χ1v) is 7.80. The second-order valence-corrected chi connectivity index (χ2v) is 6.18. The lowest BCUT2D eigenvalue weighted by molar-refractivity contribution is 0.104. The molecule has 0 radical (unpaired) electrons. The van der Waals surface area contributed by atoms with Crippen molar-refractivity contribution in [2.24, 2.45) is 0 Å². The van der Waals surface area contributed by atoms with Gasteiger partial charge in [0.2, 0.25) is 5.78 Å². The van der Waals surface area contributed by atoms with Gasteiger partial charge in [0.25, 0.3) is 0 Å². The van der Waals surface area contributed by atoms with E-state index in [0.29, 0.717) is 0 Å². The van der Waals surface area contributed by atoms with Crippen molar-refractivity contribution in [3.05, 3.63) is 77.0 Å². The van der Waals surface area contributed by atoms with E-state index in [0.717, 1.165) is 32.7 Å². The highest BCUT2D eigenvalue weighted by Crippen LogP contribution is 2.41. The Kier molecular flexibility index (Phi) is 3.05. The first kappa shape index (κ1) is 13.2. The van der Waals surface area contributed by atoms with E-state index in [-0.39, 0.29) is 5.78 Å². The Morgan fingerprint density at radius 2 is 1.82 bits per heavy atom. The van der Waals surface area contributed by atoms with Crippen LogP contribution in [0.2, 0.25) is 0 Å². The fraction of sp³-hybridized carbons (Fsp3) is 0.0556. The second-order valence-electron chi connectivity index (χ2n) is 5.09.